The van der Waals surface area contributed by atoms with E-state index >= 15 is 0 Å². The Bertz CT molecular complexity index is 569. The molecule has 0 radical (unpaired) electrons. The van der Waals surface area contributed by atoms with Crippen LogP contribution in [0.4, 0.5) is 0 Å². The summed E-state index contributed by atoms with van der Waals surface area (Å²) in [6, 6.07) is 3.57. The van der Waals surface area contributed by atoms with Gasteiger partial charge in [0.15, 0.2) is 0 Å². The summed E-state index contributed by atoms with van der Waals surface area (Å²) < 4.78 is 0. The molecule has 0 fully saturated rings. The van der Waals surface area contributed by atoms with Gasteiger partial charge in [-0.05, 0) is 25.3 Å². The minimum atomic E-state index is -0.0793. The largest absolute Gasteiger partial charge is 0.352 e. The number of hydrogen-bond acceptors (Lipinski definition) is 5. The zero-order chi connectivity index (χ0) is 13.7. The van der Waals surface area contributed by atoms with Crippen molar-refractivity contribution in [1.82, 2.24) is 15.3 Å². The highest BCUT2D eigenvalue weighted by Gasteiger charge is 2.10. The normalized spacial score (nSPS) is 10.4. The average molecular weight is 293 g/mol. The Hall–Kier alpha value is -1.40. The van der Waals surface area contributed by atoms with Crippen molar-refractivity contribution in [2.75, 3.05) is 12.8 Å². The first-order valence-electron chi connectivity index (χ1n) is 5.89. The van der Waals surface area contributed by atoms with Crippen LogP contribution in [0.25, 0.3) is 0 Å². The summed E-state index contributed by atoms with van der Waals surface area (Å²) in [5.41, 5.74) is 1.66. The van der Waals surface area contributed by atoms with Crippen LogP contribution < -0.4 is 5.32 Å². The van der Waals surface area contributed by atoms with E-state index in [9.17, 15) is 4.79 Å². The number of nitrogens with one attached hydrogen (secondary N) is 1. The fraction of sp³-hybridized carbons (Fsp3) is 0.308. The molecule has 1 amide bonds. The minimum absolute atomic E-state index is 0.0793. The Morgan fingerprint density at radius 2 is 2.37 bits per heavy atom. The summed E-state index contributed by atoms with van der Waals surface area (Å²) in [5, 5.41) is 6.74. The third-order valence-electron chi connectivity index (χ3n) is 2.54. The molecule has 4 nitrogen and oxygen atoms in total. The van der Waals surface area contributed by atoms with Crippen molar-refractivity contribution in [1.29, 1.82) is 0 Å². The van der Waals surface area contributed by atoms with E-state index in [2.05, 4.69) is 15.3 Å². The monoisotopic (exact) mass is 293 g/mol. The van der Waals surface area contributed by atoms with Gasteiger partial charge in [-0.25, -0.2) is 9.97 Å². The van der Waals surface area contributed by atoms with E-state index in [4.69, 9.17) is 0 Å². The second kappa shape index (κ2) is 6.68. The van der Waals surface area contributed by atoms with Crippen molar-refractivity contribution in [2.24, 2.45) is 0 Å². The lowest BCUT2D eigenvalue weighted by molar-refractivity contribution is 0.0950. The number of carbonyl (C=O) groups excluding carboxylic acids is 1. The lowest BCUT2D eigenvalue weighted by atomic mass is 10.2. The predicted molar refractivity (Wildman–Crippen MR) is 78.9 cm³/mol. The molecule has 0 aliphatic rings. The Balaban J connectivity index is 1.90. The number of rotatable bonds is 5. The van der Waals surface area contributed by atoms with Crippen LogP contribution in [0, 0.1) is 6.92 Å². The number of hydrogen-bond donors (Lipinski definition) is 1. The number of aryl methyl sites for hydroxylation is 1. The zero-order valence-electron chi connectivity index (χ0n) is 10.8. The first-order valence-corrected chi connectivity index (χ1v) is 7.99. The number of amides is 1. The second-order valence-corrected chi connectivity index (χ2v) is 5.78. The summed E-state index contributed by atoms with van der Waals surface area (Å²) in [7, 11) is 0. The fourth-order valence-corrected chi connectivity index (χ4v) is 2.84. The van der Waals surface area contributed by atoms with Crippen LogP contribution in [-0.2, 0) is 6.42 Å². The number of aromatic nitrogens is 2. The molecule has 0 aromatic carbocycles. The van der Waals surface area contributed by atoms with E-state index < -0.39 is 0 Å². The Kier molecular flexibility index (Phi) is 4.93. The highest BCUT2D eigenvalue weighted by molar-refractivity contribution is 7.98. The Morgan fingerprint density at radius 3 is 3.05 bits per heavy atom. The van der Waals surface area contributed by atoms with Crippen LogP contribution in [-0.4, -0.2) is 28.7 Å². The van der Waals surface area contributed by atoms with E-state index in [0.29, 0.717) is 12.1 Å². The van der Waals surface area contributed by atoms with Crippen molar-refractivity contribution in [3.05, 3.63) is 40.0 Å². The van der Waals surface area contributed by atoms with Gasteiger partial charge in [-0.15, -0.1) is 23.1 Å². The topological polar surface area (TPSA) is 54.9 Å². The molecular weight excluding hydrogens is 278 g/mol. The fourth-order valence-electron chi connectivity index (χ4n) is 1.65. The van der Waals surface area contributed by atoms with Gasteiger partial charge in [-0.3, -0.25) is 4.79 Å². The molecule has 1 N–H and O–H groups in total. The van der Waals surface area contributed by atoms with E-state index in [1.807, 2.05) is 18.6 Å². The van der Waals surface area contributed by atoms with Gasteiger partial charge in [-0.1, -0.05) is 0 Å². The average Bonchev–Trinajstić information content (AvgIpc) is 2.84. The third-order valence-corrected chi connectivity index (χ3v) is 4.08. The molecule has 0 saturated heterocycles. The van der Waals surface area contributed by atoms with Gasteiger partial charge < -0.3 is 5.32 Å². The highest BCUT2D eigenvalue weighted by atomic mass is 32.2. The number of pyridine rings is 1. The second-order valence-electron chi connectivity index (χ2n) is 3.92. The molecule has 2 heterocycles. The molecule has 2 aromatic heterocycles. The van der Waals surface area contributed by atoms with Crippen LogP contribution in [0.15, 0.2) is 28.7 Å². The van der Waals surface area contributed by atoms with E-state index in [-0.39, 0.29) is 5.91 Å². The molecule has 0 atom stereocenters. The number of thioether (sulfide) groups is 1. The lowest BCUT2D eigenvalue weighted by Crippen LogP contribution is -2.26. The number of nitrogens with zero attached hydrogens (tertiary/aromatic N) is 2. The van der Waals surface area contributed by atoms with Gasteiger partial charge in [-0.2, -0.15) is 0 Å². The minimum Gasteiger partial charge on any atom is -0.352 e. The SMILES string of the molecule is CSc1ncccc1C(=O)NCCc1csc(C)n1. The maximum absolute atomic E-state index is 12.0. The molecule has 0 bridgehead atoms. The molecule has 6 heteroatoms. The quantitative estimate of drug-likeness (QED) is 0.861. The molecule has 19 heavy (non-hydrogen) atoms. The first kappa shape index (κ1) is 14.0. The smallest absolute Gasteiger partial charge is 0.254 e. The van der Waals surface area contributed by atoms with Crippen LogP contribution in [0.2, 0.25) is 0 Å². The lowest BCUT2D eigenvalue weighted by Gasteiger charge is -2.06. The van der Waals surface area contributed by atoms with Gasteiger partial charge in [0.25, 0.3) is 5.91 Å². The molecular formula is C13H15N3OS2. The predicted octanol–water partition coefficient (Wildman–Crippen LogP) is 2.54. The van der Waals surface area contributed by atoms with Crippen LogP contribution >= 0.6 is 23.1 Å². The van der Waals surface area contributed by atoms with Crippen LogP contribution in [0.1, 0.15) is 21.1 Å². The van der Waals surface area contributed by atoms with Crippen LogP contribution in [0.5, 0.6) is 0 Å². The summed E-state index contributed by atoms with van der Waals surface area (Å²) >= 11 is 3.10. The van der Waals surface area contributed by atoms with Crippen molar-refractivity contribution in [3.8, 4) is 0 Å². The van der Waals surface area contributed by atoms with Gasteiger partial charge in [0.05, 0.1) is 16.3 Å². The maximum Gasteiger partial charge on any atom is 0.254 e. The maximum atomic E-state index is 12.0. The van der Waals surface area contributed by atoms with E-state index in [0.717, 1.165) is 22.1 Å². The summed E-state index contributed by atoms with van der Waals surface area (Å²) in [6.07, 6.45) is 4.36. The van der Waals surface area contributed by atoms with E-state index in [1.165, 1.54) is 11.8 Å². The van der Waals surface area contributed by atoms with Gasteiger partial charge >= 0.3 is 0 Å². The van der Waals surface area contributed by atoms with E-state index in [1.54, 1.807) is 29.7 Å². The molecule has 2 rings (SSSR count). The summed E-state index contributed by atoms with van der Waals surface area (Å²) in [6.45, 7) is 2.57. The summed E-state index contributed by atoms with van der Waals surface area (Å²) in [5.74, 6) is -0.0793. The van der Waals surface area contributed by atoms with Crippen LogP contribution in [0.3, 0.4) is 0 Å². The highest BCUT2D eigenvalue weighted by Crippen LogP contribution is 2.16. The number of carbonyl (C=O) groups is 1. The first-order chi connectivity index (χ1) is 9.20. The van der Waals surface area contributed by atoms with Gasteiger partial charge in [0.1, 0.15) is 5.03 Å². The molecule has 100 valence electrons. The van der Waals surface area contributed by atoms with Crippen molar-refractivity contribution in [2.45, 2.75) is 18.4 Å². The van der Waals surface area contributed by atoms with Crippen molar-refractivity contribution in [3.63, 3.8) is 0 Å². The molecule has 0 saturated carbocycles. The Morgan fingerprint density at radius 1 is 1.53 bits per heavy atom. The molecule has 2 aromatic rings. The van der Waals surface area contributed by atoms with Gasteiger partial charge in [0, 0.05) is 24.5 Å². The molecule has 0 spiro atoms. The third kappa shape index (κ3) is 3.78. The zero-order valence-corrected chi connectivity index (χ0v) is 12.5. The molecule has 0 aliphatic heterocycles. The van der Waals surface area contributed by atoms with Gasteiger partial charge in [0.2, 0.25) is 0 Å². The van der Waals surface area contributed by atoms with Crippen molar-refractivity contribution >= 4 is 29.0 Å². The Labute approximate surface area is 120 Å². The summed E-state index contributed by atoms with van der Waals surface area (Å²) in [4.78, 5) is 20.6. The molecule has 0 aliphatic carbocycles. The van der Waals surface area contributed by atoms with Crippen molar-refractivity contribution < 1.29 is 4.79 Å². The number of thiazole rings is 1. The standard InChI is InChI=1S/C13H15N3OS2/c1-9-16-10(8-19-9)5-7-14-12(17)11-4-3-6-15-13(11)18-2/h3-4,6,8H,5,7H2,1-2H3,(H,14,17). The molecule has 0 unspecified atom stereocenters.